The third-order valence-electron chi connectivity index (χ3n) is 2.98. The van der Waals surface area contributed by atoms with Gasteiger partial charge in [-0.2, -0.15) is 0 Å². The molecule has 0 aliphatic heterocycles. The highest BCUT2D eigenvalue weighted by atomic mass is 35.5. The van der Waals surface area contributed by atoms with Gasteiger partial charge in [-0.15, -0.1) is 0 Å². The summed E-state index contributed by atoms with van der Waals surface area (Å²) in [5.41, 5.74) is 1.77. The Morgan fingerprint density at radius 1 is 1.05 bits per heavy atom. The highest BCUT2D eigenvalue weighted by Gasteiger charge is 2.08. The van der Waals surface area contributed by atoms with Gasteiger partial charge in [-0.3, -0.25) is 0 Å². The number of hydrogen-bond donors (Lipinski definition) is 1. The number of methoxy groups -OCH3 is 2. The van der Waals surface area contributed by atoms with E-state index in [-0.39, 0.29) is 0 Å². The van der Waals surface area contributed by atoms with Crippen LogP contribution in [0.2, 0.25) is 5.02 Å². The molecule has 0 unspecified atom stereocenters. The van der Waals surface area contributed by atoms with Crippen molar-refractivity contribution >= 4 is 44.0 Å². The molecule has 1 aromatic heterocycles. The van der Waals surface area contributed by atoms with E-state index in [0.717, 1.165) is 21.0 Å². The molecule has 2 aromatic carbocycles. The van der Waals surface area contributed by atoms with Gasteiger partial charge in [0.25, 0.3) is 0 Å². The molecule has 0 atom stereocenters. The van der Waals surface area contributed by atoms with Crippen LogP contribution in [0.25, 0.3) is 10.2 Å². The van der Waals surface area contributed by atoms with Crippen LogP contribution in [0, 0.1) is 0 Å². The van der Waals surface area contributed by atoms with Crippen molar-refractivity contribution in [1.29, 1.82) is 0 Å². The molecule has 0 amide bonds. The van der Waals surface area contributed by atoms with Gasteiger partial charge in [0.2, 0.25) is 0 Å². The maximum atomic E-state index is 5.97. The van der Waals surface area contributed by atoms with Gasteiger partial charge >= 0.3 is 0 Å². The number of halogens is 1. The van der Waals surface area contributed by atoms with Crippen LogP contribution >= 0.6 is 22.9 Å². The molecule has 21 heavy (non-hydrogen) atoms. The number of hydrogen-bond acceptors (Lipinski definition) is 5. The van der Waals surface area contributed by atoms with Crippen molar-refractivity contribution in [3.8, 4) is 11.5 Å². The lowest BCUT2D eigenvalue weighted by molar-refractivity contribution is 0.355. The second-order valence-electron chi connectivity index (χ2n) is 4.33. The van der Waals surface area contributed by atoms with Crippen LogP contribution in [0.15, 0.2) is 36.4 Å². The first-order valence-corrected chi connectivity index (χ1v) is 7.44. The van der Waals surface area contributed by atoms with Gasteiger partial charge in [0, 0.05) is 16.8 Å². The van der Waals surface area contributed by atoms with Crippen LogP contribution in [-0.2, 0) is 0 Å². The van der Waals surface area contributed by atoms with Crippen LogP contribution in [-0.4, -0.2) is 19.2 Å². The quantitative estimate of drug-likeness (QED) is 0.756. The van der Waals surface area contributed by atoms with Crippen LogP contribution in [0.5, 0.6) is 11.5 Å². The minimum absolute atomic E-state index is 0.673. The molecule has 108 valence electrons. The minimum Gasteiger partial charge on any atom is -0.493 e. The number of fused-ring (bicyclic) bond motifs is 1. The summed E-state index contributed by atoms with van der Waals surface area (Å²) in [5, 5.41) is 4.76. The summed E-state index contributed by atoms with van der Waals surface area (Å²) in [7, 11) is 3.23. The topological polar surface area (TPSA) is 43.4 Å². The Kier molecular flexibility index (Phi) is 3.86. The number of anilines is 2. The molecule has 0 saturated carbocycles. The molecule has 3 aromatic rings. The van der Waals surface area contributed by atoms with Crippen molar-refractivity contribution in [1.82, 2.24) is 4.98 Å². The van der Waals surface area contributed by atoms with Gasteiger partial charge in [-0.05, 0) is 30.3 Å². The maximum absolute atomic E-state index is 5.97. The number of rotatable bonds is 4. The first kappa shape index (κ1) is 14.0. The molecule has 0 bridgehead atoms. The Morgan fingerprint density at radius 3 is 2.62 bits per heavy atom. The lowest BCUT2D eigenvalue weighted by Gasteiger charge is -2.09. The largest absolute Gasteiger partial charge is 0.493 e. The van der Waals surface area contributed by atoms with Crippen LogP contribution in [0.1, 0.15) is 0 Å². The first-order valence-electron chi connectivity index (χ1n) is 6.25. The van der Waals surface area contributed by atoms with Crippen molar-refractivity contribution in [2.24, 2.45) is 0 Å². The Labute approximate surface area is 131 Å². The van der Waals surface area contributed by atoms with Gasteiger partial charge in [0.1, 0.15) is 0 Å². The summed E-state index contributed by atoms with van der Waals surface area (Å²) >= 11 is 7.55. The molecular weight excluding hydrogens is 308 g/mol. The predicted molar refractivity (Wildman–Crippen MR) is 87.5 cm³/mol. The van der Waals surface area contributed by atoms with E-state index in [9.17, 15) is 0 Å². The smallest absolute Gasteiger partial charge is 0.188 e. The number of benzene rings is 2. The summed E-state index contributed by atoms with van der Waals surface area (Å²) < 4.78 is 11.6. The molecule has 0 radical (unpaired) electrons. The van der Waals surface area contributed by atoms with Gasteiger partial charge < -0.3 is 14.8 Å². The van der Waals surface area contributed by atoms with Gasteiger partial charge in [-0.1, -0.05) is 22.9 Å². The van der Waals surface area contributed by atoms with E-state index in [1.54, 1.807) is 25.6 Å². The van der Waals surface area contributed by atoms with Crippen molar-refractivity contribution in [3.05, 3.63) is 41.4 Å². The summed E-state index contributed by atoms with van der Waals surface area (Å²) in [5.74, 6) is 1.37. The minimum atomic E-state index is 0.673. The number of aromatic nitrogens is 1. The highest BCUT2D eigenvalue weighted by molar-refractivity contribution is 7.22. The van der Waals surface area contributed by atoms with Gasteiger partial charge in [-0.25, -0.2) is 4.98 Å². The maximum Gasteiger partial charge on any atom is 0.188 e. The number of thiazole rings is 1. The molecule has 0 spiro atoms. The first-order chi connectivity index (χ1) is 10.2. The van der Waals surface area contributed by atoms with E-state index in [4.69, 9.17) is 21.1 Å². The van der Waals surface area contributed by atoms with Gasteiger partial charge in [0.15, 0.2) is 16.6 Å². The summed E-state index contributed by atoms with van der Waals surface area (Å²) in [6.07, 6.45) is 0. The predicted octanol–water partition coefficient (Wildman–Crippen LogP) is 4.71. The van der Waals surface area contributed by atoms with Crippen LogP contribution in [0.3, 0.4) is 0 Å². The zero-order valence-electron chi connectivity index (χ0n) is 11.5. The van der Waals surface area contributed by atoms with Crippen LogP contribution in [0.4, 0.5) is 10.8 Å². The molecule has 6 heteroatoms. The highest BCUT2D eigenvalue weighted by Crippen LogP contribution is 2.33. The van der Waals surface area contributed by atoms with Crippen molar-refractivity contribution in [2.75, 3.05) is 19.5 Å². The average Bonchev–Trinajstić information content (AvgIpc) is 2.88. The zero-order valence-corrected chi connectivity index (χ0v) is 13.1. The van der Waals surface area contributed by atoms with Gasteiger partial charge in [0.05, 0.1) is 24.4 Å². The fraction of sp³-hybridized carbons (Fsp3) is 0.133. The molecule has 0 aliphatic carbocycles. The average molecular weight is 321 g/mol. The van der Waals surface area contributed by atoms with E-state index in [2.05, 4.69) is 10.3 Å². The summed E-state index contributed by atoms with van der Waals surface area (Å²) in [6.45, 7) is 0. The van der Waals surface area contributed by atoms with Crippen molar-refractivity contribution < 1.29 is 9.47 Å². The Morgan fingerprint density at radius 2 is 1.86 bits per heavy atom. The zero-order chi connectivity index (χ0) is 14.8. The molecule has 4 nitrogen and oxygen atoms in total. The number of nitrogens with one attached hydrogen (secondary N) is 1. The lowest BCUT2D eigenvalue weighted by Crippen LogP contribution is -1.93. The lowest BCUT2D eigenvalue weighted by atomic mass is 10.3. The van der Waals surface area contributed by atoms with E-state index >= 15 is 0 Å². The second-order valence-corrected chi connectivity index (χ2v) is 5.79. The Balaban J connectivity index is 1.91. The van der Waals surface area contributed by atoms with Crippen LogP contribution < -0.4 is 14.8 Å². The molecular formula is C15H13ClN2O2S. The fourth-order valence-corrected chi connectivity index (χ4v) is 3.02. The summed E-state index contributed by atoms with van der Waals surface area (Å²) in [6, 6.07) is 11.3. The molecule has 0 fully saturated rings. The van der Waals surface area contributed by atoms with Crippen molar-refractivity contribution in [3.63, 3.8) is 0 Å². The monoisotopic (exact) mass is 320 g/mol. The van der Waals surface area contributed by atoms with E-state index in [1.807, 2.05) is 36.4 Å². The number of nitrogens with zero attached hydrogens (tertiary/aromatic N) is 1. The van der Waals surface area contributed by atoms with Crippen molar-refractivity contribution in [2.45, 2.75) is 0 Å². The van der Waals surface area contributed by atoms with E-state index in [1.165, 1.54) is 0 Å². The number of ether oxygens (including phenoxy) is 2. The Hall–Kier alpha value is -1.98. The van der Waals surface area contributed by atoms with E-state index in [0.29, 0.717) is 16.5 Å². The third kappa shape index (κ3) is 2.89. The third-order valence-corrected chi connectivity index (χ3v) is 4.17. The summed E-state index contributed by atoms with van der Waals surface area (Å²) in [4.78, 5) is 4.52. The Bertz CT molecular complexity index is 788. The van der Waals surface area contributed by atoms with E-state index < -0.39 is 0 Å². The molecule has 1 heterocycles. The second kappa shape index (κ2) is 5.79. The normalized spacial score (nSPS) is 10.6. The SMILES string of the molecule is COc1ccc(Nc2nc3cc(Cl)ccc3s2)cc1OC. The molecule has 3 rings (SSSR count). The molecule has 0 aliphatic rings. The molecule has 1 N–H and O–H groups in total. The standard InChI is InChI=1S/C15H13ClN2O2S/c1-19-12-5-4-10(8-13(12)20-2)17-15-18-11-7-9(16)3-6-14(11)21-15/h3-8H,1-2H3,(H,17,18). The fourth-order valence-electron chi connectivity index (χ4n) is 1.99. The molecule has 0 saturated heterocycles.